The Balaban J connectivity index is 1.63. The highest BCUT2D eigenvalue weighted by Gasteiger charge is 2.42. The number of benzene rings is 3. The van der Waals surface area contributed by atoms with Crippen LogP contribution in [0.4, 0.5) is 5.69 Å². The fraction of sp³-hybridized carbons (Fsp3) is 0.200. The summed E-state index contributed by atoms with van der Waals surface area (Å²) >= 11 is 1.60. The van der Waals surface area contributed by atoms with E-state index in [2.05, 4.69) is 5.32 Å². The fourth-order valence-corrected chi connectivity index (χ4v) is 5.01. The summed E-state index contributed by atoms with van der Waals surface area (Å²) in [4.78, 5) is 28.4. The van der Waals surface area contributed by atoms with Crippen molar-refractivity contribution in [1.82, 2.24) is 4.90 Å². The largest absolute Gasteiger partial charge is 0.497 e. The number of aryl methyl sites for hydroxylation is 1. The van der Waals surface area contributed by atoms with Gasteiger partial charge in [-0.25, -0.2) is 0 Å². The van der Waals surface area contributed by atoms with Gasteiger partial charge in [-0.2, -0.15) is 0 Å². The van der Waals surface area contributed by atoms with Gasteiger partial charge in [-0.05, 0) is 48.9 Å². The molecule has 2 amide bonds. The molecule has 158 valence electrons. The van der Waals surface area contributed by atoms with E-state index in [-0.39, 0.29) is 17.2 Å². The summed E-state index contributed by atoms with van der Waals surface area (Å²) in [5.41, 5.74) is 3.37. The molecule has 1 saturated heterocycles. The van der Waals surface area contributed by atoms with E-state index in [0.29, 0.717) is 17.1 Å². The molecule has 3 aromatic rings. The third-order valence-electron chi connectivity index (χ3n) is 5.28. The second kappa shape index (κ2) is 9.27. The number of hydrogen-bond acceptors (Lipinski definition) is 4. The van der Waals surface area contributed by atoms with Crippen LogP contribution >= 0.6 is 11.8 Å². The monoisotopic (exact) mass is 432 g/mol. The Morgan fingerprint density at radius 3 is 2.29 bits per heavy atom. The van der Waals surface area contributed by atoms with Gasteiger partial charge in [0.1, 0.15) is 17.2 Å². The Morgan fingerprint density at radius 2 is 1.65 bits per heavy atom. The summed E-state index contributed by atoms with van der Waals surface area (Å²) < 4.78 is 5.21. The molecular formula is C25H24N2O3S. The maximum Gasteiger partial charge on any atom is 0.255 e. The van der Waals surface area contributed by atoms with Gasteiger partial charge in [-0.15, -0.1) is 11.8 Å². The first kappa shape index (κ1) is 21.0. The number of methoxy groups -OCH3 is 1. The highest BCUT2D eigenvalue weighted by atomic mass is 32.2. The van der Waals surface area contributed by atoms with Crippen LogP contribution in [0.2, 0.25) is 0 Å². The first-order valence-electron chi connectivity index (χ1n) is 10.1. The lowest BCUT2D eigenvalue weighted by atomic mass is 10.1. The minimum absolute atomic E-state index is 0.175. The molecule has 1 aliphatic heterocycles. The van der Waals surface area contributed by atoms with Gasteiger partial charge in [-0.1, -0.05) is 48.0 Å². The summed E-state index contributed by atoms with van der Waals surface area (Å²) in [5, 5.41) is 2.74. The summed E-state index contributed by atoms with van der Waals surface area (Å²) in [6.45, 7) is 2.00. The molecule has 5 nitrogen and oxygen atoms in total. The van der Waals surface area contributed by atoms with Gasteiger partial charge in [-0.3, -0.25) is 9.59 Å². The number of amides is 2. The van der Waals surface area contributed by atoms with Crippen molar-refractivity contribution in [3.8, 4) is 5.75 Å². The molecule has 1 aliphatic rings. The normalized spacial score (nSPS) is 17.9. The van der Waals surface area contributed by atoms with Crippen molar-refractivity contribution in [2.45, 2.75) is 18.3 Å². The van der Waals surface area contributed by atoms with Crippen LogP contribution in [0.3, 0.4) is 0 Å². The average molecular weight is 433 g/mol. The molecule has 1 heterocycles. The second-order valence-corrected chi connectivity index (χ2v) is 8.52. The van der Waals surface area contributed by atoms with E-state index >= 15 is 0 Å². The Morgan fingerprint density at radius 1 is 0.968 bits per heavy atom. The number of rotatable bonds is 5. The van der Waals surface area contributed by atoms with Crippen molar-refractivity contribution in [3.63, 3.8) is 0 Å². The molecule has 0 saturated carbocycles. The molecule has 1 fully saturated rings. The van der Waals surface area contributed by atoms with Gasteiger partial charge in [0, 0.05) is 17.0 Å². The Bertz CT molecular complexity index is 1050. The van der Waals surface area contributed by atoms with Crippen molar-refractivity contribution < 1.29 is 14.3 Å². The third kappa shape index (κ3) is 4.59. The van der Waals surface area contributed by atoms with E-state index in [9.17, 15) is 9.59 Å². The zero-order valence-corrected chi connectivity index (χ0v) is 18.3. The molecule has 3 aromatic carbocycles. The van der Waals surface area contributed by atoms with Gasteiger partial charge < -0.3 is 15.0 Å². The first-order valence-corrected chi connectivity index (χ1v) is 11.1. The van der Waals surface area contributed by atoms with Crippen molar-refractivity contribution in [3.05, 3.63) is 95.6 Å². The molecule has 6 heteroatoms. The molecule has 0 aromatic heterocycles. The molecule has 2 atom stereocenters. The van der Waals surface area contributed by atoms with Crippen molar-refractivity contribution in [2.75, 3.05) is 18.2 Å². The molecule has 1 N–H and O–H groups in total. The maximum atomic E-state index is 13.5. The average Bonchev–Trinajstić information content (AvgIpc) is 3.26. The second-order valence-electron chi connectivity index (χ2n) is 7.41. The van der Waals surface area contributed by atoms with Crippen LogP contribution in [0.15, 0.2) is 78.9 Å². The lowest BCUT2D eigenvalue weighted by Crippen LogP contribution is -2.45. The highest BCUT2D eigenvalue weighted by Crippen LogP contribution is 2.42. The standard InChI is InChI=1S/C25H24N2O3S/c1-17-8-12-20(13-9-17)26-23(28)22-16-31-25(19-6-4-3-5-7-19)27(22)24(29)18-10-14-21(30-2)15-11-18/h3-15,22,25H,16H2,1-2H3,(H,26,28). The van der Waals surface area contributed by atoms with E-state index < -0.39 is 6.04 Å². The number of carbonyl (C=O) groups is 2. The third-order valence-corrected chi connectivity index (χ3v) is 6.60. The van der Waals surface area contributed by atoms with Gasteiger partial charge in [0.2, 0.25) is 5.91 Å². The van der Waals surface area contributed by atoms with Crippen LogP contribution in [-0.4, -0.2) is 35.6 Å². The zero-order valence-electron chi connectivity index (χ0n) is 17.4. The molecule has 0 aliphatic carbocycles. The van der Waals surface area contributed by atoms with Crippen LogP contribution in [0.25, 0.3) is 0 Å². The molecule has 4 rings (SSSR count). The van der Waals surface area contributed by atoms with Crippen LogP contribution in [0.5, 0.6) is 5.75 Å². The van der Waals surface area contributed by atoms with Gasteiger partial charge in [0.05, 0.1) is 7.11 Å². The van der Waals surface area contributed by atoms with E-state index in [1.807, 2.05) is 61.5 Å². The number of carbonyl (C=O) groups excluding carboxylic acids is 2. The molecule has 0 radical (unpaired) electrons. The van der Waals surface area contributed by atoms with Crippen molar-refractivity contribution in [2.24, 2.45) is 0 Å². The molecule has 2 unspecified atom stereocenters. The predicted octanol–water partition coefficient (Wildman–Crippen LogP) is 4.90. The lowest BCUT2D eigenvalue weighted by molar-refractivity contribution is -0.119. The SMILES string of the molecule is COc1ccc(C(=O)N2C(C(=O)Nc3ccc(C)cc3)CSC2c2ccccc2)cc1. The van der Waals surface area contributed by atoms with Gasteiger partial charge in [0.25, 0.3) is 5.91 Å². The summed E-state index contributed by atoms with van der Waals surface area (Å²) in [6.07, 6.45) is 0. The molecule has 0 bridgehead atoms. The number of hydrogen-bond donors (Lipinski definition) is 1. The van der Waals surface area contributed by atoms with E-state index in [0.717, 1.165) is 16.8 Å². The molecular weight excluding hydrogens is 408 g/mol. The molecule has 0 spiro atoms. The maximum absolute atomic E-state index is 13.5. The number of anilines is 1. The number of nitrogens with one attached hydrogen (secondary N) is 1. The van der Waals surface area contributed by atoms with Crippen LogP contribution in [0, 0.1) is 6.92 Å². The van der Waals surface area contributed by atoms with Crippen molar-refractivity contribution in [1.29, 1.82) is 0 Å². The van der Waals surface area contributed by atoms with Gasteiger partial charge in [0.15, 0.2) is 0 Å². The van der Waals surface area contributed by atoms with Crippen LogP contribution in [-0.2, 0) is 4.79 Å². The fourth-order valence-electron chi connectivity index (χ4n) is 3.58. The Labute approximate surface area is 186 Å². The predicted molar refractivity (Wildman–Crippen MR) is 124 cm³/mol. The highest BCUT2D eigenvalue weighted by molar-refractivity contribution is 7.99. The minimum Gasteiger partial charge on any atom is -0.497 e. The Kier molecular flexibility index (Phi) is 6.28. The number of thioether (sulfide) groups is 1. The van der Waals surface area contributed by atoms with E-state index in [1.54, 1.807) is 48.0 Å². The summed E-state index contributed by atoms with van der Waals surface area (Å²) in [5.74, 6) is 0.849. The topological polar surface area (TPSA) is 58.6 Å². The van der Waals surface area contributed by atoms with E-state index in [1.165, 1.54) is 0 Å². The van der Waals surface area contributed by atoms with Gasteiger partial charge >= 0.3 is 0 Å². The lowest BCUT2D eigenvalue weighted by Gasteiger charge is -2.29. The first-order chi connectivity index (χ1) is 15.1. The smallest absolute Gasteiger partial charge is 0.255 e. The number of nitrogens with zero attached hydrogens (tertiary/aromatic N) is 1. The summed E-state index contributed by atoms with van der Waals surface area (Å²) in [6, 6.07) is 23.9. The Hall–Kier alpha value is -3.25. The zero-order chi connectivity index (χ0) is 21.8. The minimum atomic E-state index is -0.578. The van der Waals surface area contributed by atoms with Crippen LogP contribution in [0.1, 0.15) is 26.9 Å². The quantitative estimate of drug-likeness (QED) is 0.623. The van der Waals surface area contributed by atoms with E-state index in [4.69, 9.17) is 4.74 Å². The summed E-state index contributed by atoms with van der Waals surface area (Å²) in [7, 11) is 1.59. The number of ether oxygens (including phenoxy) is 1. The molecule has 31 heavy (non-hydrogen) atoms. The van der Waals surface area contributed by atoms with Crippen molar-refractivity contribution >= 4 is 29.3 Å². The van der Waals surface area contributed by atoms with Crippen LogP contribution < -0.4 is 10.1 Å².